The van der Waals surface area contributed by atoms with E-state index in [1.165, 1.54) is 11.8 Å². The van der Waals surface area contributed by atoms with Crippen molar-refractivity contribution in [1.82, 2.24) is 25.2 Å². The van der Waals surface area contributed by atoms with E-state index in [0.717, 1.165) is 5.56 Å². The molecule has 0 bridgehead atoms. The Morgan fingerprint density at radius 1 is 1.19 bits per heavy atom. The summed E-state index contributed by atoms with van der Waals surface area (Å²) in [5.74, 6) is 1.33. The molecule has 4 rings (SSSR count). The highest BCUT2D eigenvalue weighted by Gasteiger charge is 2.29. The number of hydrogen-bond donors (Lipinski definition) is 1. The molecule has 0 spiro atoms. The van der Waals surface area contributed by atoms with E-state index < -0.39 is 0 Å². The van der Waals surface area contributed by atoms with Crippen LogP contribution in [0.4, 0.5) is 5.82 Å². The van der Waals surface area contributed by atoms with Gasteiger partial charge in [-0.05, 0) is 36.8 Å². The Balaban J connectivity index is 1.34. The third kappa shape index (κ3) is 6.64. The van der Waals surface area contributed by atoms with Gasteiger partial charge in [-0.1, -0.05) is 35.5 Å². The molecule has 3 heterocycles. The third-order valence-electron chi connectivity index (χ3n) is 5.73. The second-order valence-corrected chi connectivity index (χ2v) is 9.61. The van der Waals surface area contributed by atoms with Crippen LogP contribution < -0.4 is 15.0 Å². The fraction of sp³-hybridized carbons (Fsp3) is 0.320. The van der Waals surface area contributed by atoms with Crippen molar-refractivity contribution in [2.24, 2.45) is 0 Å². The van der Waals surface area contributed by atoms with Crippen LogP contribution in [-0.4, -0.2) is 70.2 Å². The molecule has 1 N–H and O–H groups in total. The van der Waals surface area contributed by atoms with Crippen LogP contribution in [0.2, 0.25) is 5.15 Å². The van der Waals surface area contributed by atoms with Crippen LogP contribution >= 0.6 is 23.4 Å². The molecule has 2 amide bonds. The van der Waals surface area contributed by atoms with Crippen molar-refractivity contribution in [3.63, 3.8) is 0 Å². The molecule has 9 nitrogen and oxygen atoms in total. The van der Waals surface area contributed by atoms with E-state index in [1.807, 2.05) is 36.1 Å². The molecule has 1 aliphatic rings. The largest absolute Gasteiger partial charge is 0.497 e. The lowest BCUT2D eigenvalue weighted by atomic mass is 10.1. The van der Waals surface area contributed by atoms with E-state index in [2.05, 4.69) is 25.2 Å². The van der Waals surface area contributed by atoms with Gasteiger partial charge in [0.1, 0.15) is 16.7 Å². The molecule has 1 saturated heterocycles. The number of nitrogens with one attached hydrogen (secondary N) is 1. The van der Waals surface area contributed by atoms with Crippen LogP contribution in [0.1, 0.15) is 22.8 Å². The van der Waals surface area contributed by atoms with Crippen molar-refractivity contribution in [2.75, 3.05) is 37.4 Å². The van der Waals surface area contributed by atoms with Crippen molar-refractivity contribution in [3.05, 3.63) is 71.1 Å². The molecule has 0 radical (unpaired) electrons. The highest BCUT2D eigenvalue weighted by Crippen LogP contribution is 2.25. The quantitative estimate of drug-likeness (QED) is 0.271. The molecule has 1 fully saturated rings. The van der Waals surface area contributed by atoms with Gasteiger partial charge in [0.15, 0.2) is 5.16 Å². The number of benzene rings is 1. The minimum atomic E-state index is -0.132. The van der Waals surface area contributed by atoms with E-state index in [0.29, 0.717) is 53.6 Å². The van der Waals surface area contributed by atoms with Crippen LogP contribution in [0.5, 0.6) is 5.75 Å². The Labute approximate surface area is 219 Å². The molecular formula is C25H27ClN6O3S. The van der Waals surface area contributed by atoms with Crippen molar-refractivity contribution in [3.8, 4) is 5.75 Å². The molecule has 1 aliphatic heterocycles. The zero-order chi connectivity index (χ0) is 25.5. The minimum Gasteiger partial charge on any atom is -0.497 e. The van der Waals surface area contributed by atoms with Gasteiger partial charge in [0.2, 0.25) is 5.91 Å². The Hall–Kier alpha value is -3.37. The Morgan fingerprint density at radius 3 is 2.81 bits per heavy atom. The van der Waals surface area contributed by atoms with Crippen LogP contribution in [0, 0.1) is 0 Å². The maximum Gasteiger partial charge on any atom is 0.254 e. The fourth-order valence-corrected chi connectivity index (χ4v) is 4.80. The van der Waals surface area contributed by atoms with Gasteiger partial charge in [-0.25, -0.2) is 9.97 Å². The number of pyridine rings is 1. The van der Waals surface area contributed by atoms with E-state index in [9.17, 15) is 9.59 Å². The summed E-state index contributed by atoms with van der Waals surface area (Å²) in [6.45, 7) is 4.15. The van der Waals surface area contributed by atoms with E-state index in [4.69, 9.17) is 16.3 Å². The summed E-state index contributed by atoms with van der Waals surface area (Å²) >= 11 is 7.50. The van der Waals surface area contributed by atoms with Crippen molar-refractivity contribution >= 4 is 41.0 Å². The van der Waals surface area contributed by atoms with Crippen molar-refractivity contribution in [1.29, 1.82) is 0 Å². The Kier molecular flexibility index (Phi) is 8.61. The summed E-state index contributed by atoms with van der Waals surface area (Å²) in [7, 11) is 1.58. The zero-order valence-corrected chi connectivity index (χ0v) is 21.6. The first-order valence-electron chi connectivity index (χ1n) is 11.5. The van der Waals surface area contributed by atoms with E-state index in [-0.39, 0.29) is 23.6 Å². The highest BCUT2D eigenvalue weighted by molar-refractivity contribution is 7.99. The second-order valence-electron chi connectivity index (χ2n) is 8.28. The molecule has 0 saturated carbocycles. The van der Waals surface area contributed by atoms with Crippen molar-refractivity contribution in [2.45, 2.75) is 24.7 Å². The lowest BCUT2D eigenvalue weighted by Gasteiger charge is -2.40. The topological polar surface area (TPSA) is 101 Å². The number of amides is 2. The van der Waals surface area contributed by atoms with Gasteiger partial charge < -0.3 is 19.9 Å². The SMILES string of the molecule is COc1cccc(C(=O)N2CCN(c3cc(Cl)nc(SCC(=O)NCc4cccnc4)n3)CC2C)c1. The van der Waals surface area contributed by atoms with Gasteiger partial charge in [-0.15, -0.1) is 0 Å². The van der Waals surface area contributed by atoms with Gasteiger partial charge in [0.05, 0.1) is 12.9 Å². The first-order valence-corrected chi connectivity index (χ1v) is 12.8. The molecule has 0 aliphatic carbocycles. The number of ether oxygens (including phenoxy) is 1. The fourth-order valence-electron chi connectivity index (χ4n) is 3.89. The number of nitrogens with zero attached hydrogens (tertiary/aromatic N) is 5. The maximum atomic E-state index is 13.1. The van der Waals surface area contributed by atoms with Gasteiger partial charge in [-0.2, -0.15) is 0 Å². The maximum absolute atomic E-state index is 13.1. The van der Waals surface area contributed by atoms with Gasteiger partial charge in [0.25, 0.3) is 5.91 Å². The predicted octanol–water partition coefficient (Wildman–Crippen LogP) is 3.29. The second kappa shape index (κ2) is 12.0. The summed E-state index contributed by atoms with van der Waals surface area (Å²) in [6, 6.07) is 12.6. The summed E-state index contributed by atoms with van der Waals surface area (Å²) in [4.78, 5) is 42.2. The predicted molar refractivity (Wildman–Crippen MR) is 140 cm³/mol. The summed E-state index contributed by atoms with van der Waals surface area (Å²) < 4.78 is 5.25. The third-order valence-corrected chi connectivity index (χ3v) is 6.78. The number of halogens is 1. The Morgan fingerprint density at radius 2 is 2.06 bits per heavy atom. The molecule has 1 unspecified atom stereocenters. The van der Waals surface area contributed by atoms with Crippen LogP contribution in [0.3, 0.4) is 0 Å². The summed E-state index contributed by atoms with van der Waals surface area (Å²) in [5, 5.41) is 3.59. The van der Waals surface area contributed by atoms with Gasteiger partial charge in [0, 0.05) is 56.2 Å². The number of aromatic nitrogens is 3. The first kappa shape index (κ1) is 25.7. The monoisotopic (exact) mass is 526 g/mol. The first-order chi connectivity index (χ1) is 17.4. The zero-order valence-electron chi connectivity index (χ0n) is 20.1. The summed E-state index contributed by atoms with van der Waals surface area (Å²) in [5.41, 5.74) is 1.52. The van der Waals surface area contributed by atoms with E-state index >= 15 is 0 Å². The lowest BCUT2D eigenvalue weighted by molar-refractivity contribution is -0.118. The molecule has 36 heavy (non-hydrogen) atoms. The number of carbonyl (C=O) groups is 2. The molecular weight excluding hydrogens is 500 g/mol. The number of rotatable bonds is 8. The van der Waals surface area contributed by atoms with Crippen molar-refractivity contribution < 1.29 is 14.3 Å². The standard InChI is InChI=1S/C25H27ClN6O3S/c1-17-15-31(9-10-32(17)24(34)19-6-3-7-20(11-19)35-2)22-12-21(26)29-25(30-22)36-16-23(33)28-14-18-5-4-8-27-13-18/h3-8,11-13,17H,9-10,14-16H2,1-2H3,(H,28,33). The molecule has 1 atom stereocenters. The van der Waals surface area contributed by atoms with Gasteiger partial charge >= 0.3 is 0 Å². The van der Waals surface area contributed by atoms with E-state index in [1.54, 1.807) is 37.7 Å². The molecule has 11 heteroatoms. The van der Waals surface area contributed by atoms with Crippen LogP contribution in [0.25, 0.3) is 0 Å². The van der Waals surface area contributed by atoms with Crippen LogP contribution in [-0.2, 0) is 11.3 Å². The molecule has 2 aromatic heterocycles. The summed E-state index contributed by atoms with van der Waals surface area (Å²) in [6.07, 6.45) is 3.40. The number of thioether (sulfide) groups is 1. The highest BCUT2D eigenvalue weighted by atomic mass is 35.5. The average molecular weight is 527 g/mol. The Bertz CT molecular complexity index is 1220. The number of carbonyl (C=O) groups excluding carboxylic acids is 2. The lowest BCUT2D eigenvalue weighted by Crippen LogP contribution is -2.54. The average Bonchev–Trinajstić information content (AvgIpc) is 2.90. The van der Waals surface area contributed by atoms with Crippen LogP contribution in [0.15, 0.2) is 60.0 Å². The number of methoxy groups -OCH3 is 1. The molecule has 3 aromatic rings. The van der Waals surface area contributed by atoms with Gasteiger partial charge in [-0.3, -0.25) is 14.6 Å². The number of piperazine rings is 1. The number of anilines is 1. The molecule has 1 aromatic carbocycles. The minimum absolute atomic E-state index is 0.0321. The normalized spacial score (nSPS) is 15.5. The smallest absolute Gasteiger partial charge is 0.254 e. The number of hydrogen-bond acceptors (Lipinski definition) is 8. The molecule has 188 valence electrons.